The Labute approximate surface area is 139 Å². The molecule has 1 aromatic carbocycles. The van der Waals surface area contributed by atoms with Crippen LogP contribution in [0.2, 0.25) is 0 Å². The second-order valence-corrected chi connectivity index (χ2v) is 7.19. The first-order chi connectivity index (χ1) is 10.9. The summed E-state index contributed by atoms with van der Waals surface area (Å²) >= 11 is 0. The van der Waals surface area contributed by atoms with Gasteiger partial charge in [0.1, 0.15) is 18.4 Å². The van der Waals surface area contributed by atoms with Crippen LogP contribution in [0.25, 0.3) is 0 Å². The van der Waals surface area contributed by atoms with Crippen LogP contribution < -0.4 is 14.5 Å². The van der Waals surface area contributed by atoms with Crippen LogP contribution in [-0.4, -0.2) is 63.3 Å². The topological polar surface area (TPSA) is 46.4 Å². The number of aliphatic hydroxyl groups is 1. The van der Waals surface area contributed by atoms with Gasteiger partial charge in [-0.05, 0) is 32.9 Å². The van der Waals surface area contributed by atoms with Crippen LogP contribution in [-0.2, 0) is 4.74 Å². The molecular weight excluding hydrogens is 292 g/mol. The lowest BCUT2D eigenvalue weighted by atomic mass is 10.2. The van der Waals surface area contributed by atoms with Gasteiger partial charge >= 0.3 is 0 Å². The highest BCUT2D eigenvalue weighted by Gasteiger charge is 2.24. The highest BCUT2D eigenvalue weighted by Crippen LogP contribution is 2.27. The standard InChI is InChI=1S/C18H30N2O3/c1-18(2,3)23-14-15(21)13-19-9-11-20(12-10-19)16-7-5-6-8-17(16)22-4/h5-8,15,21H,9-14H2,1-4H3/p+1/t15-/m0/s1. The van der Waals surface area contributed by atoms with Crippen LogP contribution in [0, 0.1) is 0 Å². The zero-order valence-electron chi connectivity index (χ0n) is 14.8. The third-order valence-electron chi connectivity index (χ3n) is 4.13. The number of nitrogens with one attached hydrogen (secondary N) is 1. The summed E-state index contributed by atoms with van der Waals surface area (Å²) in [7, 11) is 1.71. The van der Waals surface area contributed by atoms with Crippen molar-refractivity contribution < 1.29 is 19.5 Å². The van der Waals surface area contributed by atoms with Crippen molar-refractivity contribution in [2.75, 3.05) is 51.3 Å². The van der Waals surface area contributed by atoms with Gasteiger partial charge in [-0.3, -0.25) is 0 Å². The van der Waals surface area contributed by atoms with Gasteiger partial charge in [0, 0.05) is 0 Å². The van der Waals surface area contributed by atoms with E-state index in [0.29, 0.717) is 6.61 Å². The van der Waals surface area contributed by atoms with E-state index in [-0.39, 0.29) is 5.60 Å². The molecule has 0 aromatic heterocycles. The van der Waals surface area contributed by atoms with Crippen molar-refractivity contribution in [2.45, 2.75) is 32.5 Å². The van der Waals surface area contributed by atoms with E-state index in [0.717, 1.165) is 44.2 Å². The minimum Gasteiger partial charge on any atom is -0.495 e. The van der Waals surface area contributed by atoms with Gasteiger partial charge in [-0.2, -0.15) is 0 Å². The van der Waals surface area contributed by atoms with Gasteiger partial charge in [0.15, 0.2) is 0 Å². The van der Waals surface area contributed by atoms with Gasteiger partial charge in [-0.25, -0.2) is 0 Å². The number of ether oxygens (including phenoxy) is 2. The minimum absolute atomic E-state index is 0.196. The SMILES string of the molecule is COc1ccccc1N1CC[NH+](C[C@H](O)COC(C)(C)C)CC1. The molecule has 1 aliphatic rings. The largest absolute Gasteiger partial charge is 0.495 e. The molecule has 0 amide bonds. The number of rotatable bonds is 6. The molecule has 0 bridgehead atoms. The maximum atomic E-state index is 10.2. The fourth-order valence-corrected chi connectivity index (χ4v) is 2.90. The zero-order valence-corrected chi connectivity index (χ0v) is 14.8. The molecule has 1 saturated heterocycles. The van der Waals surface area contributed by atoms with Gasteiger partial charge in [-0.1, -0.05) is 12.1 Å². The van der Waals surface area contributed by atoms with E-state index in [1.165, 1.54) is 4.90 Å². The quantitative estimate of drug-likeness (QED) is 0.804. The third-order valence-corrected chi connectivity index (χ3v) is 4.13. The number of benzene rings is 1. The van der Waals surface area contributed by atoms with Crippen molar-refractivity contribution >= 4 is 5.69 Å². The summed E-state index contributed by atoms with van der Waals surface area (Å²) in [5, 5.41) is 10.2. The van der Waals surface area contributed by atoms with Crippen LogP contribution in [0.4, 0.5) is 5.69 Å². The second kappa shape index (κ2) is 7.99. The number of piperazine rings is 1. The number of quaternary nitrogens is 1. The Balaban J connectivity index is 1.80. The van der Waals surface area contributed by atoms with Crippen molar-refractivity contribution in [2.24, 2.45) is 0 Å². The van der Waals surface area contributed by atoms with Crippen LogP contribution in [0.15, 0.2) is 24.3 Å². The second-order valence-electron chi connectivity index (χ2n) is 7.19. The maximum Gasteiger partial charge on any atom is 0.142 e. The molecule has 1 fully saturated rings. The van der Waals surface area contributed by atoms with Gasteiger partial charge in [0.25, 0.3) is 0 Å². The predicted molar refractivity (Wildman–Crippen MR) is 92.5 cm³/mol. The molecule has 1 aliphatic heterocycles. The van der Waals surface area contributed by atoms with Gasteiger partial charge < -0.3 is 24.4 Å². The average Bonchev–Trinajstić information content (AvgIpc) is 2.53. The molecule has 0 unspecified atom stereocenters. The number of nitrogens with zero attached hydrogens (tertiary/aromatic N) is 1. The summed E-state index contributed by atoms with van der Waals surface area (Å²) in [5.74, 6) is 0.926. The molecule has 2 rings (SSSR count). The lowest BCUT2D eigenvalue weighted by Crippen LogP contribution is -3.16. The fourth-order valence-electron chi connectivity index (χ4n) is 2.90. The molecule has 1 aromatic rings. The summed E-state index contributed by atoms with van der Waals surface area (Å²) in [4.78, 5) is 3.79. The van der Waals surface area contributed by atoms with Crippen molar-refractivity contribution in [3.05, 3.63) is 24.3 Å². The van der Waals surface area contributed by atoms with Crippen LogP contribution in [0.3, 0.4) is 0 Å². The number of methoxy groups -OCH3 is 1. The van der Waals surface area contributed by atoms with E-state index in [2.05, 4.69) is 11.0 Å². The molecule has 1 heterocycles. The highest BCUT2D eigenvalue weighted by atomic mass is 16.5. The Hall–Kier alpha value is -1.30. The molecule has 0 aliphatic carbocycles. The fraction of sp³-hybridized carbons (Fsp3) is 0.667. The van der Waals surface area contributed by atoms with Crippen molar-refractivity contribution in [1.29, 1.82) is 0 Å². The van der Waals surface area contributed by atoms with E-state index < -0.39 is 6.10 Å². The van der Waals surface area contributed by atoms with E-state index in [1.54, 1.807) is 7.11 Å². The molecule has 1 atom stereocenters. The van der Waals surface area contributed by atoms with E-state index in [9.17, 15) is 5.11 Å². The lowest BCUT2D eigenvalue weighted by molar-refractivity contribution is -0.903. The normalized spacial score (nSPS) is 18.0. The first-order valence-corrected chi connectivity index (χ1v) is 8.42. The molecule has 5 nitrogen and oxygen atoms in total. The molecule has 130 valence electrons. The predicted octanol–water partition coefficient (Wildman–Crippen LogP) is 0.576. The molecule has 2 N–H and O–H groups in total. The summed E-state index contributed by atoms with van der Waals surface area (Å²) in [5.41, 5.74) is 0.962. The summed E-state index contributed by atoms with van der Waals surface area (Å²) in [6.45, 7) is 11.2. The molecule has 23 heavy (non-hydrogen) atoms. The summed E-state index contributed by atoms with van der Waals surface area (Å²) < 4.78 is 11.1. The number of anilines is 1. The van der Waals surface area contributed by atoms with Gasteiger partial charge in [-0.15, -0.1) is 0 Å². The number of hydrogen-bond acceptors (Lipinski definition) is 4. The molecule has 0 radical (unpaired) electrons. The van der Waals surface area contributed by atoms with E-state index in [4.69, 9.17) is 9.47 Å². The summed E-state index contributed by atoms with van der Waals surface area (Å²) in [6.07, 6.45) is -0.401. The van der Waals surface area contributed by atoms with Crippen LogP contribution in [0.5, 0.6) is 5.75 Å². The van der Waals surface area contributed by atoms with Gasteiger partial charge in [0.2, 0.25) is 0 Å². The highest BCUT2D eigenvalue weighted by molar-refractivity contribution is 5.58. The van der Waals surface area contributed by atoms with Crippen molar-refractivity contribution in [3.63, 3.8) is 0 Å². The Bertz CT molecular complexity index is 479. The average molecular weight is 323 g/mol. The Morgan fingerprint density at radius 3 is 2.48 bits per heavy atom. The smallest absolute Gasteiger partial charge is 0.142 e. The Morgan fingerprint density at radius 1 is 1.22 bits per heavy atom. The number of aliphatic hydroxyl groups excluding tert-OH is 1. The lowest BCUT2D eigenvalue weighted by Gasteiger charge is -2.35. The van der Waals surface area contributed by atoms with Crippen molar-refractivity contribution in [3.8, 4) is 5.75 Å². The molecule has 0 saturated carbocycles. The molecular formula is C18H31N2O3+. The minimum atomic E-state index is -0.401. The van der Waals surface area contributed by atoms with E-state index >= 15 is 0 Å². The van der Waals surface area contributed by atoms with Crippen molar-refractivity contribution in [1.82, 2.24) is 0 Å². The molecule has 0 spiro atoms. The third kappa shape index (κ3) is 5.68. The first-order valence-electron chi connectivity index (χ1n) is 8.42. The first kappa shape index (κ1) is 18.0. The maximum absolute atomic E-state index is 10.2. The summed E-state index contributed by atoms with van der Waals surface area (Å²) in [6, 6.07) is 8.15. The monoisotopic (exact) mass is 323 g/mol. The van der Waals surface area contributed by atoms with Gasteiger partial charge in [0.05, 0.1) is 51.2 Å². The van der Waals surface area contributed by atoms with Crippen LogP contribution in [0.1, 0.15) is 20.8 Å². The Kier molecular flexibility index (Phi) is 6.27. The van der Waals surface area contributed by atoms with Crippen LogP contribution >= 0.6 is 0 Å². The zero-order chi connectivity index (χ0) is 16.9. The van der Waals surface area contributed by atoms with E-state index in [1.807, 2.05) is 39.0 Å². The number of para-hydroxylation sites is 2. The number of hydrogen-bond donors (Lipinski definition) is 2. The molecule has 5 heteroatoms. The Morgan fingerprint density at radius 2 is 1.87 bits per heavy atom.